The lowest BCUT2D eigenvalue weighted by molar-refractivity contribution is 0.411. The van der Waals surface area contributed by atoms with Crippen LogP contribution in [0.1, 0.15) is 0 Å². The maximum absolute atomic E-state index is 5.34. The van der Waals surface area contributed by atoms with E-state index in [9.17, 15) is 0 Å². The third-order valence-electron chi connectivity index (χ3n) is 1.69. The Morgan fingerprint density at radius 2 is 1.28 bits per heavy atom. The Morgan fingerprint density at radius 3 is 1.89 bits per heavy atom. The van der Waals surface area contributed by atoms with Gasteiger partial charge in [-0.15, -0.1) is 37.9 Å². The first-order chi connectivity index (χ1) is 8.81. The molecule has 0 heterocycles. The van der Waals surface area contributed by atoms with Crippen LogP contribution in [-0.4, -0.2) is 0 Å². The highest BCUT2D eigenvalue weighted by molar-refractivity contribution is 7.83. The van der Waals surface area contributed by atoms with Gasteiger partial charge in [-0.2, -0.15) is 0 Å². The standard InChI is InChI=1S/C12H12O3S3/c16-6-3-13-10-1-2-11(14-4-7-17)12(9-10)15-5-8-18/h1-9,16-18H. The van der Waals surface area contributed by atoms with Gasteiger partial charge in [0.2, 0.25) is 0 Å². The van der Waals surface area contributed by atoms with Crippen molar-refractivity contribution in [2.45, 2.75) is 0 Å². The minimum Gasteiger partial charge on any atom is -0.464 e. The van der Waals surface area contributed by atoms with Crippen molar-refractivity contribution in [3.05, 3.63) is 53.2 Å². The zero-order chi connectivity index (χ0) is 13.2. The number of thiol groups is 3. The summed E-state index contributed by atoms with van der Waals surface area (Å²) in [6.45, 7) is 0. The van der Waals surface area contributed by atoms with Crippen LogP contribution in [0.25, 0.3) is 0 Å². The van der Waals surface area contributed by atoms with Gasteiger partial charge in [-0.3, -0.25) is 0 Å². The molecular formula is C12H12O3S3. The molecule has 0 bridgehead atoms. The van der Waals surface area contributed by atoms with Crippen LogP contribution in [0.15, 0.2) is 53.2 Å². The first kappa shape index (κ1) is 14.9. The minimum absolute atomic E-state index is 0.497. The van der Waals surface area contributed by atoms with Crippen LogP contribution >= 0.6 is 37.9 Å². The third-order valence-corrected chi connectivity index (χ3v) is 2.06. The molecule has 6 heteroatoms. The summed E-state index contributed by atoms with van der Waals surface area (Å²) in [6, 6.07) is 5.15. The Kier molecular flexibility index (Phi) is 7.40. The van der Waals surface area contributed by atoms with Crippen molar-refractivity contribution in [2.24, 2.45) is 0 Å². The summed E-state index contributed by atoms with van der Waals surface area (Å²) in [5, 5.41) is 4.44. The lowest BCUT2D eigenvalue weighted by atomic mass is 10.3. The van der Waals surface area contributed by atoms with Crippen molar-refractivity contribution >= 4 is 37.9 Å². The number of ether oxygens (including phenoxy) is 3. The highest BCUT2D eigenvalue weighted by atomic mass is 32.1. The predicted molar refractivity (Wildman–Crippen MR) is 82.7 cm³/mol. The van der Waals surface area contributed by atoms with Crippen molar-refractivity contribution in [2.75, 3.05) is 0 Å². The molecule has 0 saturated carbocycles. The summed E-state index contributed by atoms with van der Waals surface area (Å²) >= 11 is 11.7. The Balaban J connectivity index is 2.95. The molecule has 0 fully saturated rings. The van der Waals surface area contributed by atoms with Crippen molar-refractivity contribution in [3.8, 4) is 17.2 Å². The maximum atomic E-state index is 5.34. The van der Waals surface area contributed by atoms with Gasteiger partial charge in [0.1, 0.15) is 5.75 Å². The first-order valence-electron chi connectivity index (χ1n) is 4.83. The second-order valence-electron chi connectivity index (χ2n) is 2.82. The second kappa shape index (κ2) is 8.91. The molecule has 0 aromatic heterocycles. The fourth-order valence-corrected chi connectivity index (χ4v) is 1.25. The van der Waals surface area contributed by atoms with Gasteiger partial charge in [0.05, 0.1) is 18.8 Å². The summed E-state index contributed by atoms with van der Waals surface area (Å²) in [5.74, 6) is 1.64. The molecule has 0 amide bonds. The summed E-state index contributed by atoms with van der Waals surface area (Å²) in [4.78, 5) is 0. The van der Waals surface area contributed by atoms with Gasteiger partial charge in [-0.05, 0) is 12.1 Å². The summed E-state index contributed by atoms with van der Waals surface area (Å²) < 4.78 is 15.9. The lowest BCUT2D eigenvalue weighted by Gasteiger charge is -2.09. The molecule has 96 valence electrons. The van der Waals surface area contributed by atoms with E-state index < -0.39 is 0 Å². The lowest BCUT2D eigenvalue weighted by Crippen LogP contribution is -1.90. The fraction of sp³-hybridized carbons (Fsp3) is 0. The van der Waals surface area contributed by atoms with Crippen LogP contribution in [0, 0.1) is 0 Å². The fourth-order valence-electron chi connectivity index (χ4n) is 1.07. The average molecular weight is 300 g/mol. The SMILES string of the molecule is SC=COc1ccc(OC=CS)c(OC=CS)c1. The largest absolute Gasteiger partial charge is 0.464 e. The molecule has 0 unspecified atom stereocenters. The molecule has 1 aromatic carbocycles. The van der Waals surface area contributed by atoms with Crippen molar-refractivity contribution in [3.63, 3.8) is 0 Å². The molecular weight excluding hydrogens is 288 g/mol. The highest BCUT2D eigenvalue weighted by Crippen LogP contribution is 2.32. The second-order valence-corrected chi connectivity index (χ2v) is 3.71. The maximum Gasteiger partial charge on any atom is 0.172 e. The van der Waals surface area contributed by atoms with Crippen molar-refractivity contribution in [1.29, 1.82) is 0 Å². The van der Waals surface area contributed by atoms with Crippen LogP contribution in [0.5, 0.6) is 17.2 Å². The van der Waals surface area contributed by atoms with Crippen LogP contribution in [0.3, 0.4) is 0 Å². The molecule has 0 aliphatic heterocycles. The molecule has 0 saturated heterocycles. The molecule has 0 N–H and O–H groups in total. The Labute approximate surface area is 122 Å². The van der Waals surface area contributed by atoms with Gasteiger partial charge in [0.15, 0.2) is 11.5 Å². The van der Waals surface area contributed by atoms with Gasteiger partial charge in [0, 0.05) is 22.3 Å². The Hall–Kier alpha value is -1.11. The zero-order valence-electron chi connectivity index (χ0n) is 9.26. The van der Waals surface area contributed by atoms with Crippen LogP contribution in [0.4, 0.5) is 0 Å². The van der Waals surface area contributed by atoms with E-state index in [0.717, 1.165) is 0 Å². The summed E-state index contributed by atoms with van der Waals surface area (Å²) in [7, 11) is 0. The van der Waals surface area contributed by atoms with Crippen LogP contribution in [-0.2, 0) is 0 Å². The van der Waals surface area contributed by atoms with E-state index in [2.05, 4.69) is 37.9 Å². The smallest absolute Gasteiger partial charge is 0.172 e. The van der Waals surface area contributed by atoms with Crippen LogP contribution < -0.4 is 14.2 Å². The monoisotopic (exact) mass is 300 g/mol. The van der Waals surface area contributed by atoms with Crippen molar-refractivity contribution in [1.82, 2.24) is 0 Å². The van der Waals surface area contributed by atoms with Gasteiger partial charge in [-0.1, -0.05) is 0 Å². The average Bonchev–Trinajstić information content (AvgIpc) is 2.41. The van der Waals surface area contributed by atoms with E-state index in [-0.39, 0.29) is 0 Å². The van der Waals surface area contributed by atoms with Crippen LogP contribution in [0.2, 0.25) is 0 Å². The van der Waals surface area contributed by atoms with Crippen molar-refractivity contribution < 1.29 is 14.2 Å². The molecule has 0 atom stereocenters. The van der Waals surface area contributed by atoms with E-state index in [4.69, 9.17) is 14.2 Å². The number of rotatable bonds is 6. The highest BCUT2D eigenvalue weighted by Gasteiger charge is 2.05. The molecule has 1 aromatic rings. The number of hydrogen-bond acceptors (Lipinski definition) is 6. The molecule has 0 spiro atoms. The van der Waals surface area contributed by atoms with E-state index in [1.165, 1.54) is 35.0 Å². The third kappa shape index (κ3) is 5.03. The Morgan fingerprint density at radius 1 is 0.722 bits per heavy atom. The number of benzene rings is 1. The normalized spacial score (nSPS) is 11.5. The topological polar surface area (TPSA) is 27.7 Å². The van der Waals surface area contributed by atoms with E-state index in [1.54, 1.807) is 18.2 Å². The van der Waals surface area contributed by atoms with E-state index in [1.807, 2.05) is 0 Å². The molecule has 3 nitrogen and oxygen atoms in total. The van der Waals surface area contributed by atoms with Gasteiger partial charge < -0.3 is 14.2 Å². The van der Waals surface area contributed by atoms with Gasteiger partial charge >= 0.3 is 0 Å². The molecule has 0 aliphatic carbocycles. The van der Waals surface area contributed by atoms with E-state index in [0.29, 0.717) is 17.2 Å². The van der Waals surface area contributed by atoms with Gasteiger partial charge in [0.25, 0.3) is 0 Å². The summed E-state index contributed by atoms with van der Waals surface area (Å²) in [5.41, 5.74) is 0. The molecule has 1 rings (SSSR count). The predicted octanol–water partition coefficient (Wildman–Crippen LogP) is 4.03. The quantitative estimate of drug-likeness (QED) is 0.547. The minimum atomic E-state index is 0.497. The number of hydrogen-bond donors (Lipinski definition) is 3. The first-order valence-corrected chi connectivity index (χ1v) is 6.38. The summed E-state index contributed by atoms with van der Waals surface area (Å²) in [6.07, 6.45) is 4.31. The molecule has 0 radical (unpaired) electrons. The molecule has 0 aliphatic rings. The Bertz CT molecular complexity index is 456. The van der Waals surface area contributed by atoms with E-state index >= 15 is 0 Å². The van der Waals surface area contributed by atoms with Gasteiger partial charge in [-0.25, -0.2) is 0 Å². The zero-order valence-corrected chi connectivity index (χ0v) is 11.9. The molecule has 18 heavy (non-hydrogen) atoms.